The summed E-state index contributed by atoms with van der Waals surface area (Å²) in [5, 5.41) is 1.03. The molecule has 0 aliphatic rings. The summed E-state index contributed by atoms with van der Waals surface area (Å²) in [5.41, 5.74) is 8.10. The van der Waals surface area contributed by atoms with Gasteiger partial charge in [-0.3, -0.25) is 9.97 Å². The van der Waals surface area contributed by atoms with E-state index in [0.29, 0.717) is 5.82 Å². The first-order valence-electron chi connectivity index (χ1n) is 11.1. The Balaban J connectivity index is 1.42. The van der Waals surface area contributed by atoms with Gasteiger partial charge in [-0.25, -0.2) is 9.97 Å². The van der Waals surface area contributed by atoms with Crippen LogP contribution in [0, 0.1) is 0 Å². The Hall–Kier alpha value is -4.70. The fraction of sp³-hybridized carbons (Fsp3) is 0. The van der Waals surface area contributed by atoms with Gasteiger partial charge in [-0.1, -0.05) is 78.9 Å². The summed E-state index contributed by atoms with van der Waals surface area (Å²) >= 11 is 0. The molecule has 0 aliphatic heterocycles. The van der Waals surface area contributed by atoms with Crippen LogP contribution < -0.4 is 0 Å². The van der Waals surface area contributed by atoms with E-state index in [9.17, 15) is 0 Å². The molecule has 0 aliphatic carbocycles. The number of benzene rings is 3. The van der Waals surface area contributed by atoms with Gasteiger partial charge >= 0.3 is 0 Å². The monoisotopic (exact) mass is 436 g/mol. The second kappa shape index (κ2) is 8.68. The molecule has 3 heterocycles. The van der Waals surface area contributed by atoms with E-state index in [1.165, 1.54) is 0 Å². The molecule has 0 bridgehead atoms. The van der Waals surface area contributed by atoms with Gasteiger partial charge < -0.3 is 0 Å². The molecule has 0 fully saturated rings. The number of hydrogen-bond acceptors (Lipinski definition) is 4. The minimum atomic E-state index is 0.706. The maximum absolute atomic E-state index is 5.01. The van der Waals surface area contributed by atoms with E-state index in [1.807, 2.05) is 54.9 Å². The maximum atomic E-state index is 5.01. The van der Waals surface area contributed by atoms with Crippen LogP contribution in [0.25, 0.3) is 55.9 Å². The fourth-order valence-corrected chi connectivity index (χ4v) is 4.10. The molecule has 0 spiro atoms. The smallest absolute Gasteiger partial charge is 0.160 e. The Kier molecular flexibility index (Phi) is 5.09. The van der Waals surface area contributed by atoms with Crippen LogP contribution in [-0.2, 0) is 0 Å². The zero-order chi connectivity index (χ0) is 22.7. The highest BCUT2D eigenvalue weighted by atomic mass is 14.9. The number of rotatable bonds is 4. The molecular weight excluding hydrogens is 416 g/mol. The summed E-state index contributed by atoms with van der Waals surface area (Å²) in [4.78, 5) is 18.5. The van der Waals surface area contributed by atoms with E-state index < -0.39 is 0 Å². The SMILES string of the molecule is c1ccc(-c2ccc(-c3nc(-c4ccc(-c5cccnc5)cc4)c4ccccc4n3)cc2)nc1. The predicted molar refractivity (Wildman–Crippen MR) is 137 cm³/mol. The molecule has 0 amide bonds. The average molecular weight is 437 g/mol. The standard InChI is InChI=1S/C30H20N4/c1-2-9-28-26(7-1)29(23-14-10-21(11-15-23)25-6-5-18-31-20-25)34-30(33-28)24-16-12-22(13-17-24)27-8-3-4-19-32-27/h1-20H. The molecule has 0 saturated carbocycles. The van der Waals surface area contributed by atoms with Crippen LogP contribution in [0.1, 0.15) is 0 Å². The van der Waals surface area contributed by atoms with Crippen molar-refractivity contribution in [1.29, 1.82) is 0 Å². The number of nitrogens with zero attached hydrogens (tertiary/aromatic N) is 4. The molecule has 0 unspecified atom stereocenters. The fourth-order valence-electron chi connectivity index (χ4n) is 4.10. The summed E-state index contributed by atoms with van der Waals surface area (Å²) in [5.74, 6) is 0.706. The van der Waals surface area contributed by atoms with Gasteiger partial charge in [0.1, 0.15) is 0 Å². The Labute approximate surface area is 197 Å². The Bertz CT molecular complexity index is 1560. The quantitative estimate of drug-likeness (QED) is 0.296. The van der Waals surface area contributed by atoms with E-state index in [1.54, 1.807) is 6.20 Å². The largest absolute Gasteiger partial charge is 0.264 e. The highest BCUT2D eigenvalue weighted by Crippen LogP contribution is 2.31. The molecule has 160 valence electrons. The highest BCUT2D eigenvalue weighted by molar-refractivity contribution is 5.94. The molecule has 6 aromatic rings. The predicted octanol–water partition coefficient (Wildman–Crippen LogP) is 7.09. The first-order valence-corrected chi connectivity index (χ1v) is 11.1. The number of para-hydroxylation sites is 1. The van der Waals surface area contributed by atoms with Gasteiger partial charge in [-0.05, 0) is 35.4 Å². The zero-order valence-corrected chi connectivity index (χ0v) is 18.3. The summed E-state index contributed by atoms with van der Waals surface area (Å²) in [6.07, 6.45) is 5.47. The van der Waals surface area contributed by atoms with Crippen LogP contribution in [0.15, 0.2) is 122 Å². The van der Waals surface area contributed by atoms with Crippen LogP contribution in [0.3, 0.4) is 0 Å². The average Bonchev–Trinajstić information content (AvgIpc) is 2.94. The van der Waals surface area contributed by atoms with Crippen molar-refractivity contribution in [2.75, 3.05) is 0 Å². The molecule has 0 N–H and O–H groups in total. The van der Waals surface area contributed by atoms with Crippen LogP contribution in [0.2, 0.25) is 0 Å². The molecule has 4 heteroatoms. The second-order valence-corrected chi connectivity index (χ2v) is 8.02. The van der Waals surface area contributed by atoms with Gasteiger partial charge in [0.25, 0.3) is 0 Å². The lowest BCUT2D eigenvalue weighted by atomic mass is 10.0. The van der Waals surface area contributed by atoms with Gasteiger partial charge in [0, 0.05) is 40.7 Å². The lowest BCUT2D eigenvalue weighted by Crippen LogP contribution is -1.95. The van der Waals surface area contributed by atoms with E-state index in [-0.39, 0.29) is 0 Å². The molecule has 6 rings (SSSR count). The van der Waals surface area contributed by atoms with Crippen molar-refractivity contribution in [2.24, 2.45) is 0 Å². The van der Waals surface area contributed by atoms with Gasteiger partial charge in [-0.2, -0.15) is 0 Å². The van der Waals surface area contributed by atoms with E-state index in [4.69, 9.17) is 9.97 Å². The summed E-state index contributed by atoms with van der Waals surface area (Å²) in [6, 6.07) is 34.8. The van der Waals surface area contributed by atoms with Crippen molar-refractivity contribution >= 4 is 10.9 Å². The molecular formula is C30H20N4. The lowest BCUT2D eigenvalue weighted by molar-refractivity contribution is 1.23. The van der Waals surface area contributed by atoms with Crippen molar-refractivity contribution < 1.29 is 0 Å². The molecule has 0 saturated heterocycles. The number of fused-ring (bicyclic) bond motifs is 1. The Morgan fingerprint density at radius 2 is 1.21 bits per heavy atom. The molecule has 3 aromatic carbocycles. The molecule has 0 atom stereocenters. The second-order valence-electron chi connectivity index (χ2n) is 8.02. The van der Waals surface area contributed by atoms with Gasteiger partial charge in [-0.15, -0.1) is 0 Å². The zero-order valence-electron chi connectivity index (χ0n) is 18.3. The first kappa shape index (κ1) is 19.9. The van der Waals surface area contributed by atoms with Crippen LogP contribution in [0.5, 0.6) is 0 Å². The summed E-state index contributed by atoms with van der Waals surface area (Å²) < 4.78 is 0. The molecule has 3 aromatic heterocycles. The first-order chi connectivity index (χ1) is 16.8. The highest BCUT2D eigenvalue weighted by Gasteiger charge is 2.12. The van der Waals surface area contributed by atoms with Crippen molar-refractivity contribution in [3.63, 3.8) is 0 Å². The number of hydrogen-bond donors (Lipinski definition) is 0. The van der Waals surface area contributed by atoms with Crippen molar-refractivity contribution in [1.82, 2.24) is 19.9 Å². The number of pyridine rings is 2. The molecule has 34 heavy (non-hydrogen) atoms. The van der Waals surface area contributed by atoms with Gasteiger partial charge in [0.05, 0.1) is 16.9 Å². The van der Waals surface area contributed by atoms with Crippen molar-refractivity contribution in [3.8, 4) is 45.0 Å². The summed E-state index contributed by atoms with van der Waals surface area (Å²) in [7, 11) is 0. The Morgan fingerprint density at radius 3 is 1.97 bits per heavy atom. The van der Waals surface area contributed by atoms with E-state index >= 15 is 0 Å². The minimum Gasteiger partial charge on any atom is -0.264 e. The van der Waals surface area contributed by atoms with Crippen molar-refractivity contribution in [3.05, 3.63) is 122 Å². The van der Waals surface area contributed by atoms with E-state index in [0.717, 1.165) is 50.1 Å². The lowest BCUT2D eigenvalue weighted by Gasteiger charge is -2.10. The minimum absolute atomic E-state index is 0.706. The summed E-state index contributed by atoms with van der Waals surface area (Å²) in [6.45, 7) is 0. The van der Waals surface area contributed by atoms with Crippen molar-refractivity contribution in [2.45, 2.75) is 0 Å². The van der Waals surface area contributed by atoms with Crippen LogP contribution in [-0.4, -0.2) is 19.9 Å². The van der Waals surface area contributed by atoms with E-state index in [2.05, 4.69) is 70.6 Å². The molecule has 0 radical (unpaired) electrons. The third-order valence-electron chi connectivity index (χ3n) is 5.86. The van der Waals surface area contributed by atoms with Gasteiger partial charge in [0.2, 0.25) is 0 Å². The third kappa shape index (κ3) is 3.82. The Morgan fingerprint density at radius 1 is 0.471 bits per heavy atom. The topological polar surface area (TPSA) is 51.6 Å². The van der Waals surface area contributed by atoms with Crippen LogP contribution in [0.4, 0.5) is 0 Å². The molecule has 4 nitrogen and oxygen atoms in total. The maximum Gasteiger partial charge on any atom is 0.160 e. The van der Waals surface area contributed by atoms with Crippen LogP contribution >= 0.6 is 0 Å². The number of aromatic nitrogens is 4. The normalized spacial score (nSPS) is 10.9. The third-order valence-corrected chi connectivity index (χ3v) is 5.86. The van der Waals surface area contributed by atoms with Gasteiger partial charge in [0.15, 0.2) is 5.82 Å².